The minimum atomic E-state index is 0. The van der Waals surface area contributed by atoms with Gasteiger partial charge in [-0.05, 0) is 0 Å². The van der Waals surface area contributed by atoms with Crippen molar-refractivity contribution in [2.75, 3.05) is 0 Å². The van der Waals surface area contributed by atoms with E-state index < -0.39 is 0 Å². The van der Waals surface area contributed by atoms with Gasteiger partial charge in [0.25, 0.3) is 0 Å². The van der Waals surface area contributed by atoms with Crippen LogP contribution in [0.25, 0.3) is 0 Å². The summed E-state index contributed by atoms with van der Waals surface area (Å²) in [5, 5.41) is 0. The molecule has 2 aliphatic carbocycles. The zero-order valence-electron chi connectivity index (χ0n) is 7.76. The van der Waals surface area contributed by atoms with Crippen LogP contribution in [0.3, 0.4) is 0 Å². The molecule has 0 bridgehead atoms. The molecular weight excluding hydrogens is 291 g/mol. The van der Waals surface area contributed by atoms with E-state index in [0.29, 0.717) is 0 Å². The first-order valence-electron chi connectivity index (χ1n) is 3.43. The Morgan fingerprint density at radius 2 is 1.33 bits per heavy atom. The Morgan fingerprint density at radius 1 is 0.917 bits per heavy atom. The predicted molar refractivity (Wildman–Crippen MR) is 44.3 cm³/mol. The number of rotatable bonds is 0. The summed E-state index contributed by atoms with van der Waals surface area (Å²) >= 11 is 0. The van der Waals surface area contributed by atoms with Crippen LogP contribution in [0.1, 0.15) is 14.3 Å². The molecule has 62 valence electrons. The fourth-order valence-electron chi connectivity index (χ4n) is 0.680. The van der Waals surface area contributed by atoms with Crippen LogP contribution in [0.2, 0.25) is 0 Å². The molecule has 0 unspecified atom stereocenters. The first-order valence-corrected chi connectivity index (χ1v) is 3.43. The van der Waals surface area contributed by atoms with E-state index in [9.17, 15) is 0 Å². The Hall–Kier alpha value is 0.323. The van der Waals surface area contributed by atoms with Crippen LogP contribution >= 0.6 is 0 Å². The topological polar surface area (TPSA) is 0 Å². The molecule has 0 aromatic heterocycles. The minimum absolute atomic E-state index is 0. The van der Waals surface area contributed by atoms with E-state index in [4.69, 9.17) is 0 Å². The molecule has 0 aliphatic heterocycles. The Morgan fingerprint density at radius 3 is 1.42 bits per heavy atom. The summed E-state index contributed by atoms with van der Waals surface area (Å²) < 4.78 is 0. The van der Waals surface area contributed by atoms with Crippen LogP contribution in [0.15, 0.2) is 36.5 Å². The SMILES string of the molecule is [Br-].[C-]1=CC=CC1.[C-]1=CC=CC1.[H-].[Zr+4]. The third kappa shape index (κ3) is 8.42. The molecule has 2 rings (SSSR count). The van der Waals surface area contributed by atoms with E-state index in [1.807, 2.05) is 24.3 Å². The second kappa shape index (κ2) is 11.3. The zero-order valence-corrected chi connectivity index (χ0v) is 10.8. The molecule has 0 aromatic rings. The van der Waals surface area contributed by atoms with Gasteiger partial charge in [-0.15, -0.1) is 12.8 Å². The molecule has 2 heteroatoms. The van der Waals surface area contributed by atoms with E-state index in [1.165, 1.54) is 0 Å². The van der Waals surface area contributed by atoms with Gasteiger partial charge in [-0.2, -0.15) is 12.2 Å². The van der Waals surface area contributed by atoms with E-state index >= 15 is 0 Å². The Labute approximate surface area is 106 Å². The second-order valence-electron chi connectivity index (χ2n) is 2.01. The number of hydrogen-bond donors (Lipinski definition) is 0. The van der Waals surface area contributed by atoms with Gasteiger partial charge in [-0.1, -0.05) is 0 Å². The molecule has 12 heavy (non-hydrogen) atoms. The number of halogens is 1. The molecule has 0 saturated carbocycles. The Bertz CT molecular complexity index is 153. The van der Waals surface area contributed by atoms with Gasteiger partial charge >= 0.3 is 26.2 Å². The van der Waals surface area contributed by atoms with Crippen LogP contribution < -0.4 is 17.0 Å². The number of hydrogen-bond acceptors (Lipinski definition) is 0. The Balaban J connectivity index is -0.000000125. The van der Waals surface area contributed by atoms with Gasteiger partial charge in [0.15, 0.2) is 0 Å². The third-order valence-corrected chi connectivity index (χ3v) is 1.17. The Kier molecular flexibility index (Phi) is 14.0. The fraction of sp³-hybridized carbons (Fsp3) is 0.200. The minimum Gasteiger partial charge on any atom is -1.00 e. The average Bonchev–Trinajstić information content (AvgIpc) is 2.67. The largest absolute Gasteiger partial charge is 4.00 e. The molecule has 0 atom stereocenters. The van der Waals surface area contributed by atoms with Crippen molar-refractivity contribution in [1.82, 2.24) is 0 Å². The maximum Gasteiger partial charge on any atom is 4.00 e. The van der Waals surface area contributed by atoms with Gasteiger partial charge in [-0.25, -0.2) is 24.3 Å². The van der Waals surface area contributed by atoms with Gasteiger partial charge in [0.1, 0.15) is 0 Å². The fourth-order valence-corrected chi connectivity index (χ4v) is 0.680. The summed E-state index contributed by atoms with van der Waals surface area (Å²) in [6, 6.07) is 0. The molecule has 0 spiro atoms. The summed E-state index contributed by atoms with van der Waals surface area (Å²) in [5.41, 5.74) is 0. The molecule has 0 heterocycles. The van der Waals surface area contributed by atoms with Gasteiger partial charge in [-0.3, -0.25) is 12.2 Å². The maximum atomic E-state index is 2.99. The van der Waals surface area contributed by atoms with Crippen LogP contribution in [0.5, 0.6) is 0 Å². The molecule has 0 amide bonds. The van der Waals surface area contributed by atoms with Crippen molar-refractivity contribution < 1.29 is 44.6 Å². The second-order valence-corrected chi connectivity index (χ2v) is 2.01. The van der Waals surface area contributed by atoms with Crippen molar-refractivity contribution in [3.05, 3.63) is 48.6 Å². The van der Waals surface area contributed by atoms with Gasteiger partial charge in [0, 0.05) is 0 Å². The van der Waals surface area contributed by atoms with E-state index in [-0.39, 0.29) is 44.6 Å². The molecule has 2 aliphatic rings. The summed E-state index contributed by atoms with van der Waals surface area (Å²) in [4.78, 5) is 0. The molecule has 0 radical (unpaired) electrons. The van der Waals surface area contributed by atoms with E-state index in [1.54, 1.807) is 0 Å². The monoisotopic (exact) mass is 300 g/mol. The number of allylic oxidation sites excluding steroid dienone is 8. The van der Waals surface area contributed by atoms with Crippen molar-refractivity contribution in [2.24, 2.45) is 0 Å². The first kappa shape index (κ1) is 14.8. The maximum absolute atomic E-state index is 2.99. The third-order valence-electron chi connectivity index (χ3n) is 1.17. The van der Waals surface area contributed by atoms with Crippen LogP contribution in [-0.2, 0) is 26.2 Å². The molecule has 0 N–H and O–H groups in total. The van der Waals surface area contributed by atoms with Crippen LogP contribution in [-0.4, -0.2) is 0 Å². The summed E-state index contributed by atoms with van der Waals surface area (Å²) in [5.74, 6) is 0. The predicted octanol–water partition coefficient (Wildman–Crippen LogP) is -0.275. The molecule has 0 saturated heterocycles. The van der Waals surface area contributed by atoms with Crippen molar-refractivity contribution >= 4 is 0 Å². The molecule has 0 nitrogen and oxygen atoms in total. The summed E-state index contributed by atoms with van der Waals surface area (Å²) in [6.07, 6.45) is 20.0. The van der Waals surface area contributed by atoms with Crippen molar-refractivity contribution in [1.29, 1.82) is 0 Å². The van der Waals surface area contributed by atoms with E-state index in [0.717, 1.165) is 12.8 Å². The zero-order chi connectivity index (χ0) is 7.07. The van der Waals surface area contributed by atoms with Crippen LogP contribution in [0.4, 0.5) is 0 Å². The smallest absolute Gasteiger partial charge is 1.00 e. The summed E-state index contributed by atoms with van der Waals surface area (Å²) in [7, 11) is 0. The van der Waals surface area contributed by atoms with Crippen molar-refractivity contribution in [3.63, 3.8) is 0 Å². The van der Waals surface area contributed by atoms with Gasteiger partial charge < -0.3 is 18.4 Å². The normalized spacial score (nSPS) is 14.7. The van der Waals surface area contributed by atoms with Gasteiger partial charge in [0.2, 0.25) is 0 Å². The molecule has 0 fully saturated rings. The average molecular weight is 302 g/mol. The quantitative estimate of drug-likeness (QED) is 0.540. The van der Waals surface area contributed by atoms with Crippen molar-refractivity contribution in [3.8, 4) is 0 Å². The van der Waals surface area contributed by atoms with Crippen LogP contribution in [0, 0.1) is 12.2 Å². The molecular formula is C10H11BrZr. The van der Waals surface area contributed by atoms with Crippen molar-refractivity contribution in [2.45, 2.75) is 12.8 Å². The first-order chi connectivity index (χ1) is 5.00. The van der Waals surface area contributed by atoms with Gasteiger partial charge in [0.05, 0.1) is 0 Å². The standard InChI is InChI=1S/2C5H5.BrH.Zr.H/c2*1-2-4-5-3-1;;;/h2*1-3H,4H2;1H;;/q2*-1;;+4;-1/p-1. The molecule has 0 aromatic carbocycles. The summed E-state index contributed by atoms with van der Waals surface area (Å²) in [6.45, 7) is 0. The van der Waals surface area contributed by atoms with E-state index in [2.05, 4.69) is 24.3 Å².